The second-order valence-corrected chi connectivity index (χ2v) is 4.35. The fraction of sp³-hybridized carbons (Fsp3) is 0.0769. The predicted octanol–water partition coefficient (Wildman–Crippen LogP) is 2.38. The molecule has 5 heteroatoms. The summed E-state index contributed by atoms with van der Waals surface area (Å²) < 4.78 is 2.63. The molecule has 3 aromatic rings. The van der Waals surface area contributed by atoms with E-state index in [4.69, 9.17) is 11.6 Å². The minimum atomic E-state index is -0.253. The molecule has 0 spiro atoms. The third-order valence-corrected chi connectivity index (χ3v) is 3.14. The lowest BCUT2D eigenvalue weighted by Crippen LogP contribution is -2.21. The minimum absolute atomic E-state index is 0.166. The zero-order valence-corrected chi connectivity index (χ0v) is 10.4. The molecule has 0 aliphatic heterocycles. The molecule has 0 saturated carbocycles. The van der Waals surface area contributed by atoms with Crippen molar-refractivity contribution in [2.24, 2.45) is 7.05 Å². The standard InChI is InChI=1S/C13H10ClN3O/c1-16-13(18)17(12(14)15-16)11-8-4-6-9-5-2-3-7-10(9)11/h2-8H,1H3. The fourth-order valence-corrected chi connectivity index (χ4v) is 2.32. The van der Waals surface area contributed by atoms with Crippen molar-refractivity contribution < 1.29 is 0 Å². The Hall–Kier alpha value is -2.07. The molecule has 18 heavy (non-hydrogen) atoms. The van der Waals surface area contributed by atoms with Crippen LogP contribution in [0, 0.1) is 0 Å². The number of halogens is 1. The molecule has 0 amide bonds. The fourth-order valence-electron chi connectivity index (χ4n) is 2.04. The normalized spacial score (nSPS) is 11.0. The van der Waals surface area contributed by atoms with Gasteiger partial charge in [-0.1, -0.05) is 36.4 Å². The first-order valence-corrected chi connectivity index (χ1v) is 5.86. The molecule has 1 heterocycles. The molecule has 0 bridgehead atoms. The Morgan fingerprint density at radius 1 is 1.11 bits per heavy atom. The van der Waals surface area contributed by atoms with Gasteiger partial charge in [0.05, 0.1) is 5.69 Å². The number of benzene rings is 2. The average molecular weight is 260 g/mol. The number of hydrogen-bond acceptors (Lipinski definition) is 2. The number of fused-ring (bicyclic) bond motifs is 1. The molecule has 4 nitrogen and oxygen atoms in total. The van der Waals surface area contributed by atoms with Crippen molar-refractivity contribution in [1.82, 2.24) is 14.3 Å². The molecule has 0 aliphatic carbocycles. The summed E-state index contributed by atoms with van der Waals surface area (Å²) in [5.41, 5.74) is 0.493. The van der Waals surface area contributed by atoms with E-state index in [0.29, 0.717) is 0 Å². The number of hydrogen-bond donors (Lipinski definition) is 0. The molecule has 90 valence electrons. The van der Waals surface area contributed by atoms with Crippen LogP contribution in [0.2, 0.25) is 5.28 Å². The predicted molar refractivity (Wildman–Crippen MR) is 71.3 cm³/mol. The topological polar surface area (TPSA) is 39.8 Å². The van der Waals surface area contributed by atoms with Gasteiger partial charge < -0.3 is 0 Å². The minimum Gasteiger partial charge on any atom is -0.246 e. The average Bonchev–Trinajstić information content (AvgIpc) is 2.63. The monoisotopic (exact) mass is 259 g/mol. The first-order valence-electron chi connectivity index (χ1n) is 5.48. The van der Waals surface area contributed by atoms with Crippen LogP contribution < -0.4 is 5.69 Å². The van der Waals surface area contributed by atoms with E-state index in [9.17, 15) is 4.79 Å². The van der Waals surface area contributed by atoms with Gasteiger partial charge in [0.25, 0.3) is 0 Å². The van der Waals surface area contributed by atoms with Crippen LogP contribution in [0.15, 0.2) is 47.3 Å². The zero-order chi connectivity index (χ0) is 12.7. The highest BCUT2D eigenvalue weighted by Crippen LogP contribution is 2.22. The Bertz CT molecular complexity index is 783. The summed E-state index contributed by atoms with van der Waals surface area (Å²) in [6.07, 6.45) is 0. The van der Waals surface area contributed by atoms with Crippen molar-refractivity contribution in [3.05, 3.63) is 58.2 Å². The summed E-state index contributed by atoms with van der Waals surface area (Å²) in [4.78, 5) is 12.0. The van der Waals surface area contributed by atoms with Gasteiger partial charge in [0, 0.05) is 12.4 Å². The summed E-state index contributed by atoms with van der Waals surface area (Å²) in [7, 11) is 1.58. The van der Waals surface area contributed by atoms with Crippen molar-refractivity contribution in [2.75, 3.05) is 0 Å². The largest absolute Gasteiger partial charge is 0.351 e. The molecule has 1 aromatic heterocycles. The summed E-state index contributed by atoms with van der Waals surface area (Å²) in [6, 6.07) is 13.6. The maximum atomic E-state index is 12.0. The van der Waals surface area contributed by atoms with E-state index in [2.05, 4.69) is 5.10 Å². The lowest BCUT2D eigenvalue weighted by Gasteiger charge is -2.06. The van der Waals surface area contributed by atoms with Crippen LogP contribution >= 0.6 is 11.6 Å². The van der Waals surface area contributed by atoms with Crippen molar-refractivity contribution in [3.63, 3.8) is 0 Å². The first-order chi connectivity index (χ1) is 8.68. The Morgan fingerprint density at radius 3 is 2.56 bits per heavy atom. The molecular formula is C13H10ClN3O. The Kier molecular flexibility index (Phi) is 2.45. The number of rotatable bonds is 1. The van der Waals surface area contributed by atoms with Gasteiger partial charge in [0.1, 0.15) is 0 Å². The second-order valence-electron chi connectivity index (χ2n) is 4.01. The van der Waals surface area contributed by atoms with E-state index in [0.717, 1.165) is 16.5 Å². The summed E-state index contributed by atoms with van der Waals surface area (Å²) >= 11 is 6.02. The molecule has 0 unspecified atom stereocenters. The lowest BCUT2D eigenvalue weighted by molar-refractivity contribution is 0.726. The molecule has 0 aliphatic rings. The van der Waals surface area contributed by atoms with Crippen LogP contribution in [-0.4, -0.2) is 14.3 Å². The van der Waals surface area contributed by atoms with E-state index in [1.807, 2.05) is 42.5 Å². The van der Waals surface area contributed by atoms with Gasteiger partial charge in [-0.3, -0.25) is 0 Å². The molecule has 3 rings (SSSR count). The van der Waals surface area contributed by atoms with Gasteiger partial charge >= 0.3 is 5.69 Å². The van der Waals surface area contributed by atoms with Gasteiger partial charge in [0.2, 0.25) is 5.28 Å². The number of nitrogens with zero attached hydrogens (tertiary/aromatic N) is 3. The van der Waals surface area contributed by atoms with E-state index in [1.165, 1.54) is 9.25 Å². The van der Waals surface area contributed by atoms with E-state index in [1.54, 1.807) is 7.05 Å². The quantitative estimate of drug-likeness (QED) is 0.673. The summed E-state index contributed by atoms with van der Waals surface area (Å²) in [5, 5.41) is 6.12. The SMILES string of the molecule is Cn1nc(Cl)n(-c2cccc3ccccc23)c1=O. The van der Waals surface area contributed by atoms with E-state index < -0.39 is 0 Å². The number of aryl methyl sites for hydroxylation is 1. The lowest BCUT2D eigenvalue weighted by atomic mass is 10.1. The highest BCUT2D eigenvalue weighted by atomic mass is 35.5. The van der Waals surface area contributed by atoms with Crippen molar-refractivity contribution in [1.29, 1.82) is 0 Å². The maximum absolute atomic E-state index is 12.0. The van der Waals surface area contributed by atoms with Crippen LogP contribution in [0.25, 0.3) is 16.5 Å². The molecular weight excluding hydrogens is 250 g/mol. The van der Waals surface area contributed by atoms with Crippen LogP contribution in [0.3, 0.4) is 0 Å². The van der Waals surface area contributed by atoms with Crippen molar-refractivity contribution >= 4 is 22.4 Å². The van der Waals surface area contributed by atoms with E-state index >= 15 is 0 Å². The van der Waals surface area contributed by atoms with E-state index in [-0.39, 0.29) is 11.0 Å². The van der Waals surface area contributed by atoms with Crippen LogP contribution in [0.5, 0.6) is 0 Å². The third-order valence-electron chi connectivity index (χ3n) is 2.89. The second kappa shape index (κ2) is 3.99. The van der Waals surface area contributed by atoms with Crippen molar-refractivity contribution in [3.8, 4) is 5.69 Å². The van der Waals surface area contributed by atoms with Crippen molar-refractivity contribution in [2.45, 2.75) is 0 Å². The Balaban J connectivity index is 2.42. The number of aromatic nitrogens is 3. The van der Waals surface area contributed by atoms with Crippen LogP contribution in [0.1, 0.15) is 0 Å². The molecule has 0 N–H and O–H groups in total. The highest BCUT2D eigenvalue weighted by Gasteiger charge is 2.12. The molecule has 0 atom stereocenters. The van der Waals surface area contributed by atoms with Gasteiger partial charge in [0.15, 0.2) is 0 Å². The van der Waals surface area contributed by atoms with Gasteiger partial charge in [-0.15, -0.1) is 5.10 Å². The smallest absolute Gasteiger partial charge is 0.246 e. The zero-order valence-electron chi connectivity index (χ0n) is 9.67. The summed E-state index contributed by atoms with van der Waals surface area (Å²) in [5.74, 6) is 0. The third kappa shape index (κ3) is 1.54. The Morgan fingerprint density at radius 2 is 1.83 bits per heavy atom. The molecule has 2 aromatic carbocycles. The highest BCUT2D eigenvalue weighted by molar-refractivity contribution is 6.28. The molecule has 0 fully saturated rings. The first kappa shape index (κ1) is 11.0. The van der Waals surface area contributed by atoms with Crippen LogP contribution in [-0.2, 0) is 7.05 Å². The van der Waals surface area contributed by atoms with Gasteiger partial charge in [-0.2, -0.15) is 0 Å². The van der Waals surface area contributed by atoms with Gasteiger partial charge in [-0.05, 0) is 23.1 Å². The Labute approximate surface area is 108 Å². The van der Waals surface area contributed by atoms with Gasteiger partial charge in [-0.25, -0.2) is 14.0 Å². The van der Waals surface area contributed by atoms with Crippen LogP contribution in [0.4, 0.5) is 0 Å². The molecule has 0 radical (unpaired) electrons. The maximum Gasteiger partial charge on any atom is 0.351 e. The summed E-state index contributed by atoms with van der Waals surface area (Å²) in [6.45, 7) is 0. The molecule has 0 saturated heterocycles.